The van der Waals surface area contributed by atoms with E-state index in [1.807, 2.05) is 12.1 Å². The van der Waals surface area contributed by atoms with Crippen molar-refractivity contribution >= 4 is 0 Å². The van der Waals surface area contributed by atoms with Gasteiger partial charge in [-0.25, -0.2) is 0 Å². The fourth-order valence-electron chi connectivity index (χ4n) is 3.21. The summed E-state index contributed by atoms with van der Waals surface area (Å²) in [5.41, 5.74) is 9.78. The Balaban J connectivity index is 1.93. The lowest BCUT2D eigenvalue weighted by atomic mass is 10.0. The smallest absolute Gasteiger partial charge is 0.127 e. The average Bonchev–Trinajstić information content (AvgIpc) is 2.91. The summed E-state index contributed by atoms with van der Waals surface area (Å²) >= 11 is 0. The molecule has 3 rings (SSSR count). The highest BCUT2D eigenvalue weighted by Crippen LogP contribution is 2.42. The Bertz CT molecular complexity index is 643. The van der Waals surface area contributed by atoms with Crippen molar-refractivity contribution in [3.63, 3.8) is 0 Å². The molecule has 22 heavy (non-hydrogen) atoms. The minimum atomic E-state index is 0.177. The molecule has 1 unspecified atom stereocenters. The van der Waals surface area contributed by atoms with Crippen molar-refractivity contribution in [1.29, 1.82) is 0 Å². The van der Waals surface area contributed by atoms with Crippen LogP contribution in [-0.4, -0.2) is 25.7 Å². The van der Waals surface area contributed by atoms with E-state index in [0.29, 0.717) is 6.54 Å². The van der Waals surface area contributed by atoms with Crippen LogP contribution in [0.5, 0.6) is 11.5 Å². The van der Waals surface area contributed by atoms with Crippen LogP contribution in [0.3, 0.4) is 0 Å². The molecule has 0 spiro atoms. The number of fused-ring (bicyclic) bond motifs is 1. The largest absolute Gasteiger partial charge is 0.497 e. The molecule has 2 aromatic carbocycles. The van der Waals surface area contributed by atoms with Gasteiger partial charge < -0.3 is 15.2 Å². The Hall–Kier alpha value is -2.04. The zero-order valence-corrected chi connectivity index (χ0v) is 13.1. The molecule has 0 aliphatic carbocycles. The molecular formula is C18H22N2O2. The molecule has 1 aliphatic rings. The second kappa shape index (κ2) is 6.38. The van der Waals surface area contributed by atoms with Crippen molar-refractivity contribution in [3.8, 4) is 11.5 Å². The normalized spacial score (nSPS) is 17.3. The van der Waals surface area contributed by atoms with Crippen molar-refractivity contribution in [2.24, 2.45) is 5.73 Å². The van der Waals surface area contributed by atoms with Crippen LogP contribution in [0.25, 0.3) is 0 Å². The van der Waals surface area contributed by atoms with Crippen LogP contribution in [0.4, 0.5) is 0 Å². The van der Waals surface area contributed by atoms with Gasteiger partial charge in [-0.05, 0) is 17.2 Å². The van der Waals surface area contributed by atoms with Gasteiger partial charge in [-0.1, -0.05) is 30.3 Å². The molecule has 1 aliphatic heterocycles. The van der Waals surface area contributed by atoms with Crippen molar-refractivity contribution in [3.05, 3.63) is 59.2 Å². The number of hydrogen-bond acceptors (Lipinski definition) is 4. The minimum absolute atomic E-state index is 0.177. The summed E-state index contributed by atoms with van der Waals surface area (Å²) in [5, 5.41) is 0. The third-order valence-electron chi connectivity index (χ3n) is 4.26. The topological polar surface area (TPSA) is 47.7 Å². The summed E-state index contributed by atoms with van der Waals surface area (Å²) in [6.45, 7) is 2.31. The molecule has 0 amide bonds. The van der Waals surface area contributed by atoms with Crippen LogP contribution in [0.1, 0.15) is 22.7 Å². The lowest BCUT2D eigenvalue weighted by molar-refractivity contribution is 0.208. The number of nitrogens with two attached hydrogens (primary N) is 1. The van der Waals surface area contributed by atoms with Crippen LogP contribution in [-0.2, 0) is 13.1 Å². The highest BCUT2D eigenvalue weighted by Gasteiger charge is 2.32. The van der Waals surface area contributed by atoms with E-state index >= 15 is 0 Å². The molecule has 2 N–H and O–H groups in total. The van der Waals surface area contributed by atoms with E-state index in [4.69, 9.17) is 15.2 Å². The predicted octanol–water partition coefficient (Wildman–Crippen LogP) is 2.72. The molecule has 1 atom stereocenters. The van der Waals surface area contributed by atoms with Crippen molar-refractivity contribution in [1.82, 2.24) is 4.90 Å². The monoisotopic (exact) mass is 298 g/mol. The Morgan fingerprint density at radius 2 is 1.91 bits per heavy atom. The third kappa shape index (κ3) is 2.67. The summed E-state index contributed by atoms with van der Waals surface area (Å²) in [6, 6.07) is 14.7. The zero-order valence-electron chi connectivity index (χ0n) is 13.1. The molecule has 2 aromatic rings. The first kappa shape index (κ1) is 14.9. The molecule has 0 radical (unpaired) electrons. The fourth-order valence-corrected chi connectivity index (χ4v) is 3.21. The number of methoxy groups -OCH3 is 2. The van der Waals surface area contributed by atoms with E-state index < -0.39 is 0 Å². The van der Waals surface area contributed by atoms with Gasteiger partial charge in [0, 0.05) is 31.3 Å². The summed E-state index contributed by atoms with van der Waals surface area (Å²) in [5.74, 6) is 1.69. The molecule has 0 aromatic heterocycles. The van der Waals surface area contributed by atoms with Crippen molar-refractivity contribution in [2.45, 2.75) is 19.1 Å². The summed E-state index contributed by atoms with van der Waals surface area (Å²) in [4.78, 5) is 2.39. The summed E-state index contributed by atoms with van der Waals surface area (Å²) in [7, 11) is 3.38. The summed E-state index contributed by atoms with van der Waals surface area (Å²) < 4.78 is 10.9. The van der Waals surface area contributed by atoms with Gasteiger partial charge in [-0.3, -0.25) is 4.90 Å². The number of hydrogen-bond donors (Lipinski definition) is 1. The Kier molecular flexibility index (Phi) is 4.32. The molecule has 1 heterocycles. The highest BCUT2D eigenvalue weighted by molar-refractivity contribution is 5.50. The van der Waals surface area contributed by atoms with Crippen molar-refractivity contribution in [2.75, 3.05) is 20.8 Å². The van der Waals surface area contributed by atoms with Crippen LogP contribution >= 0.6 is 0 Å². The molecule has 0 fully saturated rings. The number of ether oxygens (including phenoxy) is 2. The molecule has 4 heteroatoms. The van der Waals surface area contributed by atoms with Crippen LogP contribution in [0.15, 0.2) is 42.5 Å². The molecule has 116 valence electrons. The van der Waals surface area contributed by atoms with Gasteiger partial charge in [0.1, 0.15) is 11.5 Å². The van der Waals surface area contributed by atoms with Gasteiger partial charge in [0.25, 0.3) is 0 Å². The lowest BCUT2D eigenvalue weighted by Gasteiger charge is -2.24. The number of rotatable bonds is 5. The first-order valence-corrected chi connectivity index (χ1v) is 7.49. The van der Waals surface area contributed by atoms with Gasteiger partial charge in [-0.2, -0.15) is 0 Å². The quantitative estimate of drug-likeness (QED) is 0.922. The van der Waals surface area contributed by atoms with E-state index in [-0.39, 0.29) is 6.04 Å². The Labute approximate surface area is 131 Å². The maximum Gasteiger partial charge on any atom is 0.127 e. The van der Waals surface area contributed by atoms with Crippen molar-refractivity contribution < 1.29 is 9.47 Å². The Morgan fingerprint density at radius 3 is 2.55 bits per heavy atom. The number of benzene rings is 2. The van der Waals surface area contributed by atoms with Gasteiger partial charge in [-0.15, -0.1) is 0 Å². The third-order valence-corrected chi connectivity index (χ3v) is 4.26. The minimum Gasteiger partial charge on any atom is -0.497 e. The van der Waals surface area contributed by atoms with E-state index in [9.17, 15) is 0 Å². The molecular weight excluding hydrogens is 276 g/mol. The second-order valence-corrected chi connectivity index (χ2v) is 5.54. The van der Waals surface area contributed by atoms with Crippen LogP contribution in [0.2, 0.25) is 0 Å². The maximum absolute atomic E-state index is 6.06. The zero-order chi connectivity index (χ0) is 15.5. The average molecular weight is 298 g/mol. The summed E-state index contributed by atoms with van der Waals surface area (Å²) in [6.07, 6.45) is 0. The Morgan fingerprint density at radius 1 is 1.14 bits per heavy atom. The van der Waals surface area contributed by atoms with Crippen LogP contribution in [0, 0.1) is 0 Å². The van der Waals surface area contributed by atoms with Gasteiger partial charge in [0.05, 0.1) is 20.3 Å². The first-order chi connectivity index (χ1) is 10.8. The van der Waals surface area contributed by atoms with Gasteiger partial charge >= 0.3 is 0 Å². The second-order valence-electron chi connectivity index (χ2n) is 5.54. The van der Waals surface area contributed by atoms with E-state index in [0.717, 1.165) is 24.6 Å². The molecule has 4 nitrogen and oxygen atoms in total. The van der Waals surface area contributed by atoms with E-state index in [1.165, 1.54) is 16.7 Å². The fraction of sp³-hybridized carbons (Fsp3) is 0.333. The van der Waals surface area contributed by atoms with Crippen LogP contribution < -0.4 is 15.2 Å². The SMILES string of the molecule is COc1cc2c(c(OC)c1)C(CN)N(Cc1ccccc1)C2. The van der Waals surface area contributed by atoms with Gasteiger partial charge in [0.2, 0.25) is 0 Å². The molecule has 0 bridgehead atoms. The number of nitrogens with zero attached hydrogens (tertiary/aromatic N) is 1. The van der Waals surface area contributed by atoms with E-state index in [2.05, 4.69) is 35.2 Å². The molecule has 0 saturated heterocycles. The lowest BCUT2D eigenvalue weighted by Crippen LogP contribution is -2.27. The maximum atomic E-state index is 6.06. The predicted molar refractivity (Wildman–Crippen MR) is 87.0 cm³/mol. The first-order valence-electron chi connectivity index (χ1n) is 7.49. The highest BCUT2D eigenvalue weighted by atomic mass is 16.5. The standard InChI is InChI=1S/C18H22N2O2/c1-21-15-8-14-12-20(11-13-6-4-3-5-7-13)16(10-19)18(14)17(9-15)22-2/h3-9,16H,10-12,19H2,1-2H3. The molecule has 0 saturated carbocycles. The van der Waals surface area contributed by atoms with Gasteiger partial charge in [0.15, 0.2) is 0 Å². The van der Waals surface area contributed by atoms with E-state index in [1.54, 1.807) is 14.2 Å².